The fraction of sp³-hybridized carbons (Fsp3) is 0.263. The number of aryl methyl sites for hydroxylation is 2. The van der Waals surface area contributed by atoms with Crippen LogP contribution in [0.2, 0.25) is 0 Å². The molecule has 0 aromatic heterocycles. The number of nitrogens with zero attached hydrogens (tertiary/aromatic N) is 1. The molecular weight excluding hydrogens is 290 g/mol. The normalized spacial score (nSPS) is 13.7. The highest BCUT2D eigenvalue weighted by molar-refractivity contribution is 6.13. The third-order valence-corrected chi connectivity index (χ3v) is 4.36. The second kappa shape index (κ2) is 5.88. The van der Waals surface area contributed by atoms with E-state index in [1.165, 1.54) is 0 Å². The first-order chi connectivity index (χ1) is 11.0. The monoisotopic (exact) mass is 309 g/mol. The molecule has 1 aliphatic rings. The Morgan fingerprint density at radius 1 is 1.09 bits per heavy atom. The number of carbonyl (C=O) groups is 2. The van der Waals surface area contributed by atoms with E-state index in [0.29, 0.717) is 35.5 Å². The molecular formula is C19H19NO3. The van der Waals surface area contributed by atoms with Gasteiger partial charge in [-0.15, -0.1) is 0 Å². The van der Waals surface area contributed by atoms with Crippen molar-refractivity contribution in [3.05, 3.63) is 58.7 Å². The quantitative estimate of drug-likeness (QED) is 0.852. The van der Waals surface area contributed by atoms with Gasteiger partial charge in [-0.1, -0.05) is 6.07 Å². The third kappa shape index (κ3) is 2.72. The van der Waals surface area contributed by atoms with Crippen LogP contribution in [0, 0.1) is 13.8 Å². The lowest BCUT2D eigenvalue weighted by Gasteiger charge is -2.29. The molecule has 1 heterocycles. The Morgan fingerprint density at radius 3 is 2.57 bits per heavy atom. The highest BCUT2D eigenvalue weighted by Crippen LogP contribution is 2.32. The van der Waals surface area contributed by atoms with Crippen LogP contribution in [0.15, 0.2) is 36.4 Å². The average molecular weight is 309 g/mol. The van der Waals surface area contributed by atoms with Crippen molar-refractivity contribution in [1.82, 2.24) is 0 Å². The van der Waals surface area contributed by atoms with Crippen molar-refractivity contribution in [2.24, 2.45) is 0 Å². The molecule has 0 saturated carbocycles. The smallest absolute Gasteiger partial charge is 0.258 e. The number of carbonyl (C=O) groups excluding carboxylic acids is 2. The van der Waals surface area contributed by atoms with Crippen molar-refractivity contribution < 1.29 is 14.3 Å². The number of ketones is 1. The predicted octanol–water partition coefficient (Wildman–Crippen LogP) is 3.55. The maximum atomic E-state index is 12.9. The Labute approximate surface area is 135 Å². The average Bonchev–Trinajstić information content (AvgIpc) is 2.56. The number of anilines is 1. The van der Waals surface area contributed by atoms with E-state index in [2.05, 4.69) is 0 Å². The van der Waals surface area contributed by atoms with Crippen LogP contribution >= 0.6 is 0 Å². The van der Waals surface area contributed by atoms with Crippen molar-refractivity contribution in [3.63, 3.8) is 0 Å². The number of hydrogen-bond donors (Lipinski definition) is 0. The first-order valence-corrected chi connectivity index (χ1v) is 7.61. The second-order valence-corrected chi connectivity index (χ2v) is 5.81. The number of benzene rings is 2. The maximum absolute atomic E-state index is 12.9. The third-order valence-electron chi connectivity index (χ3n) is 4.36. The van der Waals surface area contributed by atoms with E-state index in [-0.39, 0.29) is 11.7 Å². The minimum atomic E-state index is -0.0879. The van der Waals surface area contributed by atoms with E-state index in [9.17, 15) is 9.59 Å². The first kappa shape index (κ1) is 15.3. The van der Waals surface area contributed by atoms with Gasteiger partial charge in [0.25, 0.3) is 5.91 Å². The largest absolute Gasteiger partial charge is 0.497 e. The summed E-state index contributed by atoms with van der Waals surface area (Å²) in [6.45, 7) is 4.40. The van der Waals surface area contributed by atoms with Crippen molar-refractivity contribution >= 4 is 17.4 Å². The van der Waals surface area contributed by atoms with Gasteiger partial charge in [-0.2, -0.15) is 0 Å². The molecule has 3 rings (SSSR count). The highest BCUT2D eigenvalue weighted by atomic mass is 16.5. The van der Waals surface area contributed by atoms with E-state index in [0.717, 1.165) is 11.1 Å². The van der Waals surface area contributed by atoms with Gasteiger partial charge >= 0.3 is 0 Å². The summed E-state index contributed by atoms with van der Waals surface area (Å²) in [4.78, 5) is 26.7. The van der Waals surface area contributed by atoms with E-state index < -0.39 is 0 Å². The zero-order valence-electron chi connectivity index (χ0n) is 13.6. The lowest BCUT2D eigenvalue weighted by molar-refractivity contribution is 0.0955. The fourth-order valence-corrected chi connectivity index (χ4v) is 2.81. The molecule has 0 atom stereocenters. The molecule has 0 unspecified atom stereocenters. The van der Waals surface area contributed by atoms with Gasteiger partial charge in [0.1, 0.15) is 5.75 Å². The first-order valence-electron chi connectivity index (χ1n) is 7.61. The lowest BCUT2D eigenvalue weighted by atomic mass is 9.98. The van der Waals surface area contributed by atoms with Gasteiger partial charge < -0.3 is 9.64 Å². The van der Waals surface area contributed by atoms with Crippen molar-refractivity contribution in [2.75, 3.05) is 18.6 Å². The Balaban J connectivity index is 2.03. The maximum Gasteiger partial charge on any atom is 0.258 e. The van der Waals surface area contributed by atoms with Crippen molar-refractivity contribution in [1.29, 1.82) is 0 Å². The van der Waals surface area contributed by atoms with Gasteiger partial charge in [-0.25, -0.2) is 0 Å². The molecule has 0 spiro atoms. The van der Waals surface area contributed by atoms with Gasteiger partial charge in [-0.3, -0.25) is 9.59 Å². The standard InChI is InChI=1S/C19H19NO3/c1-12-4-5-14(10-13(12)2)19(22)20-9-8-18(21)16-7-6-15(23-3)11-17(16)20/h4-7,10-11H,8-9H2,1-3H3. The molecule has 4 heteroatoms. The number of ether oxygens (including phenoxy) is 1. The summed E-state index contributed by atoms with van der Waals surface area (Å²) in [7, 11) is 1.57. The molecule has 0 radical (unpaired) electrons. The zero-order valence-corrected chi connectivity index (χ0v) is 13.6. The van der Waals surface area contributed by atoms with Crippen molar-refractivity contribution in [3.8, 4) is 5.75 Å². The minimum Gasteiger partial charge on any atom is -0.497 e. The predicted molar refractivity (Wildman–Crippen MR) is 89.5 cm³/mol. The van der Waals surface area contributed by atoms with Crippen LogP contribution in [-0.4, -0.2) is 25.3 Å². The Bertz CT molecular complexity index is 795. The van der Waals surface area contributed by atoms with E-state index in [1.54, 1.807) is 30.2 Å². The summed E-state index contributed by atoms with van der Waals surface area (Å²) in [5.41, 5.74) is 4.07. The number of methoxy groups -OCH3 is 1. The van der Waals surface area contributed by atoms with Crippen LogP contribution in [0.3, 0.4) is 0 Å². The van der Waals surface area contributed by atoms with Crippen LogP contribution < -0.4 is 9.64 Å². The highest BCUT2D eigenvalue weighted by Gasteiger charge is 2.28. The Kier molecular flexibility index (Phi) is 3.90. The molecule has 4 nitrogen and oxygen atoms in total. The van der Waals surface area contributed by atoms with E-state index in [4.69, 9.17) is 4.74 Å². The Morgan fingerprint density at radius 2 is 1.87 bits per heavy atom. The SMILES string of the molecule is COc1ccc2c(c1)N(C(=O)c1ccc(C)c(C)c1)CCC2=O. The number of amides is 1. The zero-order chi connectivity index (χ0) is 16.6. The summed E-state index contributed by atoms with van der Waals surface area (Å²) < 4.78 is 5.23. The van der Waals surface area contributed by atoms with Gasteiger partial charge in [0.05, 0.1) is 12.8 Å². The summed E-state index contributed by atoms with van der Waals surface area (Å²) in [5.74, 6) is 0.609. The van der Waals surface area contributed by atoms with Gasteiger partial charge in [-0.05, 0) is 49.2 Å². The van der Waals surface area contributed by atoms with Gasteiger partial charge in [0.2, 0.25) is 0 Å². The summed E-state index contributed by atoms with van der Waals surface area (Å²) >= 11 is 0. The van der Waals surface area contributed by atoms with E-state index >= 15 is 0 Å². The molecule has 0 aliphatic carbocycles. The van der Waals surface area contributed by atoms with Crippen LogP contribution in [0.1, 0.15) is 38.3 Å². The molecule has 2 aromatic rings. The molecule has 0 fully saturated rings. The van der Waals surface area contributed by atoms with Crippen molar-refractivity contribution in [2.45, 2.75) is 20.3 Å². The van der Waals surface area contributed by atoms with Crippen LogP contribution in [0.4, 0.5) is 5.69 Å². The van der Waals surface area contributed by atoms with Crippen LogP contribution in [-0.2, 0) is 0 Å². The number of fused-ring (bicyclic) bond motifs is 1. The molecule has 1 aliphatic heterocycles. The van der Waals surface area contributed by atoms with Gasteiger partial charge in [0, 0.05) is 30.2 Å². The van der Waals surface area contributed by atoms with E-state index in [1.807, 2.05) is 32.0 Å². The number of rotatable bonds is 2. The summed E-state index contributed by atoms with van der Waals surface area (Å²) in [6, 6.07) is 10.9. The topological polar surface area (TPSA) is 46.6 Å². The van der Waals surface area contributed by atoms with Crippen LogP contribution in [0.5, 0.6) is 5.75 Å². The second-order valence-electron chi connectivity index (χ2n) is 5.81. The molecule has 23 heavy (non-hydrogen) atoms. The molecule has 0 bridgehead atoms. The summed E-state index contributed by atoms with van der Waals surface area (Å²) in [6.07, 6.45) is 0.343. The molecule has 1 amide bonds. The Hall–Kier alpha value is -2.62. The number of Topliss-reactive ketones (excluding diaryl/α,β-unsaturated/α-hetero) is 1. The van der Waals surface area contributed by atoms with Crippen LogP contribution in [0.25, 0.3) is 0 Å². The number of hydrogen-bond acceptors (Lipinski definition) is 3. The lowest BCUT2D eigenvalue weighted by Crippen LogP contribution is -2.37. The molecule has 118 valence electrons. The molecule has 2 aromatic carbocycles. The molecule has 0 N–H and O–H groups in total. The minimum absolute atomic E-state index is 0.0618. The molecule has 0 saturated heterocycles. The van der Waals surface area contributed by atoms with Gasteiger partial charge in [0.15, 0.2) is 5.78 Å². The summed E-state index contributed by atoms with van der Waals surface area (Å²) in [5, 5.41) is 0. The fourth-order valence-electron chi connectivity index (χ4n) is 2.81.